The Bertz CT molecular complexity index is 352. The Morgan fingerprint density at radius 1 is 1.42 bits per heavy atom. The molecule has 0 spiro atoms. The molecule has 1 aliphatic rings. The summed E-state index contributed by atoms with van der Waals surface area (Å²) >= 11 is 0. The number of hydrogen-bond acceptors (Lipinski definition) is 3. The molecule has 1 saturated heterocycles. The summed E-state index contributed by atoms with van der Waals surface area (Å²) in [5, 5.41) is 10.2. The minimum Gasteiger partial charge on any atom is -0.479 e. The first-order chi connectivity index (χ1) is 8.67. The lowest BCUT2D eigenvalue weighted by atomic mass is 10.0. The molecule has 2 unspecified atom stereocenters. The third-order valence-corrected chi connectivity index (χ3v) is 3.10. The van der Waals surface area contributed by atoms with Crippen LogP contribution in [0.3, 0.4) is 0 Å². The maximum absolute atomic E-state index is 12.6. The largest absolute Gasteiger partial charge is 0.479 e. The van der Waals surface area contributed by atoms with Crippen LogP contribution in [0.4, 0.5) is 13.2 Å². The Balaban J connectivity index is 2.54. The number of carbonyl (C=O) groups excluding carboxylic acids is 1. The Kier molecular flexibility index (Phi) is 4.78. The van der Waals surface area contributed by atoms with Gasteiger partial charge in [0, 0.05) is 13.0 Å². The zero-order valence-corrected chi connectivity index (χ0v) is 10.4. The molecular formula is C11H16F3NO4. The molecule has 0 saturated carbocycles. The van der Waals surface area contributed by atoms with E-state index in [-0.39, 0.29) is 12.5 Å². The van der Waals surface area contributed by atoms with Gasteiger partial charge in [0.15, 0.2) is 0 Å². The monoisotopic (exact) mass is 283 g/mol. The van der Waals surface area contributed by atoms with Gasteiger partial charge < -0.3 is 15.2 Å². The number of amides is 1. The number of ether oxygens (including phenoxy) is 1. The zero-order valence-electron chi connectivity index (χ0n) is 10.4. The van der Waals surface area contributed by atoms with Gasteiger partial charge in [0.05, 0.1) is 6.10 Å². The highest BCUT2D eigenvalue weighted by molar-refractivity contribution is 5.87. The number of halogens is 3. The van der Waals surface area contributed by atoms with Gasteiger partial charge in [0.2, 0.25) is 11.4 Å². The van der Waals surface area contributed by atoms with E-state index >= 15 is 0 Å². The molecular weight excluding hydrogens is 267 g/mol. The zero-order chi connectivity index (χ0) is 14.7. The van der Waals surface area contributed by atoms with Crippen LogP contribution in [0, 0.1) is 0 Å². The average molecular weight is 283 g/mol. The number of carboxylic acids is 1. The minimum atomic E-state index is -5.06. The van der Waals surface area contributed by atoms with Crippen LogP contribution in [0.15, 0.2) is 0 Å². The van der Waals surface area contributed by atoms with Crippen molar-refractivity contribution in [3.63, 3.8) is 0 Å². The fourth-order valence-electron chi connectivity index (χ4n) is 1.75. The lowest BCUT2D eigenvalue weighted by Crippen LogP contribution is -2.61. The van der Waals surface area contributed by atoms with Gasteiger partial charge in [0.1, 0.15) is 0 Å². The number of rotatable bonds is 5. The van der Waals surface area contributed by atoms with Crippen molar-refractivity contribution in [3.8, 4) is 0 Å². The van der Waals surface area contributed by atoms with E-state index in [1.165, 1.54) is 5.32 Å². The van der Waals surface area contributed by atoms with Gasteiger partial charge in [-0.2, -0.15) is 13.2 Å². The van der Waals surface area contributed by atoms with Crippen LogP contribution in [0.5, 0.6) is 0 Å². The fraction of sp³-hybridized carbons (Fsp3) is 0.818. The van der Waals surface area contributed by atoms with Gasteiger partial charge >= 0.3 is 12.1 Å². The summed E-state index contributed by atoms with van der Waals surface area (Å²) in [5.41, 5.74) is -3.26. The number of carboxylic acid groups (broad SMARTS) is 1. The van der Waals surface area contributed by atoms with Crippen molar-refractivity contribution in [2.24, 2.45) is 0 Å². The third-order valence-electron chi connectivity index (χ3n) is 3.10. The van der Waals surface area contributed by atoms with E-state index in [1.807, 2.05) is 0 Å². The molecule has 2 N–H and O–H groups in total. The van der Waals surface area contributed by atoms with E-state index in [0.29, 0.717) is 20.0 Å². The number of aliphatic carboxylic acids is 1. The molecule has 1 aliphatic heterocycles. The predicted octanol–water partition coefficient (Wildman–Crippen LogP) is 1.47. The maximum Gasteiger partial charge on any atom is 0.422 e. The Morgan fingerprint density at radius 2 is 2.05 bits per heavy atom. The third kappa shape index (κ3) is 3.82. The van der Waals surface area contributed by atoms with E-state index in [0.717, 1.165) is 12.8 Å². The van der Waals surface area contributed by atoms with Gasteiger partial charge in [-0.05, 0) is 26.2 Å². The standard InChI is InChI=1S/C11H16F3NO4/c1-10(9(17)18,11(12,13)14)15-8(16)5-4-7-3-2-6-19-7/h7H,2-6H2,1H3,(H,15,16)(H,17,18). The quantitative estimate of drug-likeness (QED) is 0.801. The SMILES string of the molecule is CC(NC(=O)CCC1CCCO1)(C(=O)O)C(F)(F)F. The summed E-state index contributed by atoms with van der Waals surface area (Å²) in [6, 6.07) is 0. The van der Waals surface area contributed by atoms with Crippen molar-refractivity contribution >= 4 is 11.9 Å². The van der Waals surface area contributed by atoms with Crippen LogP contribution >= 0.6 is 0 Å². The van der Waals surface area contributed by atoms with Crippen LogP contribution < -0.4 is 5.32 Å². The molecule has 0 radical (unpaired) electrons. The first-order valence-corrected chi connectivity index (χ1v) is 5.89. The molecule has 0 bridgehead atoms. The van der Waals surface area contributed by atoms with Gasteiger partial charge in [-0.1, -0.05) is 0 Å². The van der Waals surface area contributed by atoms with Crippen molar-refractivity contribution in [2.45, 2.75) is 50.4 Å². The first kappa shape index (κ1) is 15.7. The van der Waals surface area contributed by atoms with Crippen LogP contribution in [0.2, 0.25) is 0 Å². The Hall–Kier alpha value is -1.31. The summed E-state index contributed by atoms with van der Waals surface area (Å²) in [6.07, 6.45) is -3.46. The topological polar surface area (TPSA) is 75.6 Å². The Morgan fingerprint density at radius 3 is 2.47 bits per heavy atom. The molecule has 1 amide bonds. The molecule has 110 valence electrons. The molecule has 1 heterocycles. The van der Waals surface area contributed by atoms with Crippen LogP contribution in [0.25, 0.3) is 0 Å². The highest BCUT2D eigenvalue weighted by atomic mass is 19.4. The molecule has 0 aromatic rings. The highest BCUT2D eigenvalue weighted by Gasteiger charge is 2.58. The first-order valence-electron chi connectivity index (χ1n) is 5.89. The van der Waals surface area contributed by atoms with E-state index in [1.54, 1.807) is 0 Å². The fourth-order valence-corrected chi connectivity index (χ4v) is 1.75. The van der Waals surface area contributed by atoms with Gasteiger partial charge in [0.25, 0.3) is 0 Å². The summed E-state index contributed by atoms with van der Waals surface area (Å²) in [5.74, 6) is -3.08. The molecule has 1 rings (SSSR count). The molecule has 5 nitrogen and oxygen atoms in total. The Labute approximate surface area is 108 Å². The van der Waals surface area contributed by atoms with Gasteiger partial charge in [-0.15, -0.1) is 0 Å². The van der Waals surface area contributed by atoms with Crippen molar-refractivity contribution in [1.82, 2.24) is 5.32 Å². The van der Waals surface area contributed by atoms with Gasteiger partial charge in [-0.25, -0.2) is 4.79 Å². The van der Waals surface area contributed by atoms with Crippen LogP contribution in [0.1, 0.15) is 32.6 Å². The maximum atomic E-state index is 12.6. The molecule has 8 heteroatoms. The second-order valence-electron chi connectivity index (χ2n) is 4.65. The highest BCUT2D eigenvalue weighted by Crippen LogP contribution is 2.30. The second kappa shape index (κ2) is 5.77. The van der Waals surface area contributed by atoms with Crippen LogP contribution in [-0.2, 0) is 14.3 Å². The smallest absolute Gasteiger partial charge is 0.422 e. The van der Waals surface area contributed by atoms with Gasteiger partial charge in [-0.3, -0.25) is 4.79 Å². The molecule has 2 atom stereocenters. The molecule has 0 aliphatic carbocycles. The summed E-state index contributed by atoms with van der Waals surface area (Å²) in [7, 11) is 0. The predicted molar refractivity (Wildman–Crippen MR) is 58.4 cm³/mol. The average Bonchev–Trinajstić information content (AvgIpc) is 2.77. The van der Waals surface area contributed by atoms with E-state index in [4.69, 9.17) is 9.84 Å². The minimum absolute atomic E-state index is 0.132. The number of carbonyl (C=O) groups is 2. The number of nitrogens with one attached hydrogen (secondary N) is 1. The molecule has 0 aromatic heterocycles. The summed E-state index contributed by atoms with van der Waals surface area (Å²) < 4.78 is 43.1. The van der Waals surface area contributed by atoms with Crippen molar-refractivity contribution < 1.29 is 32.6 Å². The normalized spacial score (nSPS) is 22.8. The molecule has 19 heavy (non-hydrogen) atoms. The number of hydrogen-bond donors (Lipinski definition) is 2. The lowest BCUT2D eigenvalue weighted by molar-refractivity contribution is -0.207. The van der Waals surface area contributed by atoms with E-state index < -0.39 is 23.6 Å². The van der Waals surface area contributed by atoms with Crippen molar-refractivity contribution in [2.75, 3.05) is 6.61 Å². The molecule has 1 fully saturated rings. The van der Waals surface area contributed by atoms with Crippen molar-refractivity contribution in [3.05, 3.63) is 0 Å². The lowest BCUT2D eigenvalue weighted by Gasteiger charge is -2.28. The summed E-state index contributed by atoms with van der Waals surface area (Å²) in [4.78, 5) is 22.1. The van der Waals surface area contributed by atoms with Crippen LogP contribution in [-0.4, -0.2) is 41.4 Å². The molecule has 0 aromatic carbocycles. The second-order valence-corrected chi connectivity index (χ2v) is 4.65. The summed E-state index contributed by atoms with van der Waals surface area (Å²) in [6.45, 7) is 1.01. The van der Waals surface area contributed by atoms with E-state index in [9.17, 15) is 22.8 Å². The van der Waals surface area contributed by atoms with E-state index in [2.05, 4.69) is 0 Å². The number of alkyl halides is 3. The van der Waals surface area contributed by atoms with Crippen molar-refractivity contribution in [1.29, 1.82) is 0 Å².